The average molecular weight is 213 g/mol. The summed E-state index contributed by atoms with van der Waals surface area (Å²) in [6.45, 7) is 2.25. The van der Waals surface area contributed by atoms with Crippen molar-refractivity contribution in [2.45, 2.75) is 39.0 Å². The highest BCUT2D eigenvalue weighted by molar-refractivity contribution is 5.32. The Labute approximate surface area is 97.3 Å². The van der Waals surface area contributed by atoms with E-state index in [-0.39, 0.29) is 0 Å². The monoisotopic (exact) mass is 213 g/mol. The maximum Gasteiger partial charge on any atom is 0.0438 e. The summed E-state index contributed by atoms with van der Waals surface area (Å²) < 4.78 is 0. The van der Waals surface area contributed by atoms with E-state index in [1.807, 2.05) is 6.20 Å². The van der Waals surface area contributed by atoms with Gasteiger partial charge < -0.3 is 0 Å². The number of hydrogen-bond donors (Lipinski definition) is 0. The van der Waals surface area contributed by atoms with Crippen LogP contribution in [0.4, 0.5) is 0 Å². The summed E-state index contributed by atoms with van der Waals surface area (Å²) >= 11 is 0. The van der Waals surface area contributed by atoms with E-state index < -0.39 is 0 Å². The molecule has 3 saturated carbocycles. The van der Waals surface area contributed by atoms with Crippen molar-refractivity contribution in [1.82, 2.24) is 4.98 Å². The Balaban J connectivity index is 1.61. The summed E-state index contributed by atoms with van der Waals surface area (Å²) in [5, 5.41) is 0. The molecule has 1 heteroatoms. The Hall–Kier alpha value is -0.850. The molecule has 0 N–H and O–H groups in total. The number of nitrogens with zero attached hydrogens (tertiary/aromatic N) is 1. The van der Waals surface area contributed by atoms with E-state index in [1.54, 1.807) is 18.4 Å². The van der Waals surface area contributed by atoms with Crippen molar-refractivity contribution < 1.29 is 0 Å². The normalized spacial score (nSPS) is 39.6. The first-order valence-corrected chi connectivity index (χ1v) is 6.76. The van der Waals surface area contributed by atoms with Gasteiger partial charge in [-0.3, -0.25) is 4.98 Å². The molecular formula is C15H19N. The van der Waals surface area contributed by atoms with Crippen molar-refractivity contribution in [3.63, 3.8) is 0 Å². The maximum absolute atomic E-state index is 4.55. The quantitative estimate of drug-likeness (QED) is 0.698. The first-order chi connectivity index (χ1) is 7.83. The van der Waals surface area contributed by atoms with Crippen LogP contribution in [0.25, 0.3) is 0 Å². The second kappa shape index (κ2) is 3.09. The van der Waals surface area contributed by atoms with Gasteiger partial charge in [-0.25, -0.2) is 0 Å². The molecule has 0 radical (unpaired) electrons. The van der Waals surface area contributed by atoms with Gasteiger partial charge in [0.15, 0.2) is 0 Å². The highest BCUT2D eigenvalue weighted by atomic mass is 14.7. The van der Waals surface area contributed by atoms with Crippen LogP contribution in [0.5, 0.6) is 0 Å². The second-order valence-electron chi connectivity index (χ2n) is 6.12. The molecule has 1 unspecified atom stereocenters. The van der Waals surface area contributed by atoms with Crippen LogP contribution in [0.15, 0.2) is 12.3 Å². The molecule has 2 bridgehead atoms. The zero-order valence-electron chi connectivity index (χ0n) is 9.95. The van der Waals surface area contributed by atoms with E-state index in [1.165, 1.54) is 30.5 Å². The average Bonchev–Trinajstić information content (AvgIpc) is 2.14. The summed E-state index contributed by atoms with van der Waals surface area (Å²) in [7, 11) is 0. The molecule has 1 aromatic rings. The lowest BCUT2D eigenvalue weighted by atomic mass is 9.43. The molecule has 16 heavy (non-hydrogen) atoms. The fourth-order valence-electron chi connectivity index (χ4n) is 4.25. The van der Waals surface area contributed by atoms with Crippen molar-refractivity contribution in [1.29, 1.82) is 0 Å². The molecule has 84 valence electrons. The molecule has 1 nitrogen and oxygen atoms in total. The number of pyridine rings is 1. The third-order valence-electron chi connectivity index (χ3n) is 5.44. The lowest BCUT2D eigenvalue weighted by molar-refractivity contribution is -0.118. The van der Waals surface area contributed by atoms with E-state index in [0.717, 1.165) is 23.7 Å². The van der Waals surface area contributed by atoms with Gasteiger partial charge in [0, 0.05) is 11.9 Å². The molecule has 0 aromatic carbocycles. The van der Waals surface area contributed by atoms with E-state index in [4.69, 9.17) is 0 Å². The minimum Gasteiger partial charge on any atom is -0.261 e. The number of fused-ring (bicyclic) bond motifs is 1. The summed E-state index contributed by atoms with van der Waals surface area (Å²) in [5.41, 5.74) is 4.46. The van der Waals surface area contributed by atoms with E-state index >= 15 is 0 Å². The maximum atomic E-state index is 4.55. The zero-order valence-corrected chi connectivity index (χ0v) is 9.95. The Bertz CT molecular complexity index is 423. The van der Waals surface area contributed by atoms with Crippen molar-refractivity contribution in [3.8, 4) is 0 Å². The first kappa shape index (κ1) is 9.21. The Morgan fingerprint density at radius 1 is 1.19 bits per heavy atom. The minimum atomic E-state index is 0.993. The lowest BCUT2D eigenvalue weighted by Crippen LogP contribution is -2.54. The standard InChI is InChI=1S/C15H19N/c1-9-4-5-16-14-3-2-10(8-13(9)14)15-11-6-12(15)7-11/h4-5,10-12,15H,2-3,6-8H2,1H3. The molecule has 5 rings (SSSR count). The van der Waals surface area contributed by atoms with Gasteiger partial charge in [0.05, 0.1) is 0 Å². The highest BCUT2D eigenvalue weighted by Crippen LogP contribution is 2.62. The summed E-state index contributed by atoms with van der Waals surface area (Å²) in [5.74, 6) is 4.34. The lowest BCUT2D eigenvalue weighted by Gasteiger charge is -2.62. The van der Waals surface area contributed by atoms with Gasteiger partial charge in [-0.05, 0) is 79.9 Å². The van der Waals surface area contributed by atoms with Crippen molar-refractivity contribution >= 4 is 0 Å². The predicted octanol–water partition coefficient (Wildman–Crippen LogP) is 3.15. The van der Waals surface area contributed by atoms with Gasteiger partial charge in [0.2, 0.25) is 0 Å². The van der Waals surface area contributed by atoms with E-state index in [9.17, 15) is 0 Å². The third kappa shape index (κ3) is 1.09. The molecule has 1 aromatic heterocycles. The van der Waals surface area contributed by atoms with Crippen LogP contribution in [0.2, 0.25) is 0 Å². The van der Waals surface area contributed by atoms with Crippen LogP contribution in [-0.4, -0.2) is 4.98 Å². The van der Waals surface area contributed by atoms with Crippen LogP contribution < -0.4 is 0 Å². The molecular weight excluding hydrogens is 194 g/mol. The summed E-state index contributed by atoms with van der Waals surface area (Å²) in [6, 6.07) is 2.18. The van der Waals surface area contributed by atoms with Gasteiger partial charge >= 0.3 is 0 Å². The van der Waals surface area contributed by atoms with E-state index in [2.05, 4.69) is 18.0 Å². The third-order valence-corrected chi connectivity index (χ3v) is 5.44. The number of rotatable bonds is 1. The molecule has 0 aliphatic heterocycles. The van der Waals surface area contributed by atoms with Crippen molar-refractivity contribution in [3.05, 3.63) is 29.1 Å². The SMILES string of the molecule is Cc1ccnc2c1CC(C1C3CC1C3)CC2. The van der Waals surface area contributed by atoms with Crippen LogP contribution in [0.3, 0.4) is 0 Å². The zero-order chi connectivity index (χ0) is 10.7. The number of hydrogen-bond acceptors (Lipinski definition) is 1. The molecule has 1 heterocycles. The summed E-state index contributed by atoms with van der Waals surface area (Å²) in [6.07, 6.45) is 9.06. The Morgan fingerprint density at radius 2 is 2.00 bits per heavy atom. The first-order valence-electron chi connectivity index (χ1n) is 6.76. The van der Waals surface area contributed by atoms with Crippen LogP contribution in [0, 0.1) is 30.6 Å². The van der Waals surface area contributed by atoms with Crippen molar-refractivity contribution in [2.75, 3.05) is 0 Å². The largest absolute Gasteiger partial charge is 0.261 e. The van der Waals surface area contributed by atoms with Gasteiger partial charge in [-0.15, -0.1) is 0 Å². The molecule has 0 saturated heterocycles. The fraction of sp³-hybridized carbons (Fsp3) is 0.667. The number of aromatic nitrogens is 1. The number of aryl methyl sites for hydroxylation is 2. The Kier molecular flexibility index (Phi) is 1.78. The summed E-state index contributed by atoms with van der Waals surface area (Å²) in [4.78, 5) is 4.55. The van der Waals surface area contributed by atoms with Gasteiger partial charge in [0.25, 0.3) is 0 Å². The van der Waals surface area contributed by atoms with Gasteiger partial charge in [0.1, 0.15) is 0 Å². The molecule has 0 amide bonds. The van der Waals surface area contributed by atoms with Gasteiger partial charge in [-0.2, -0.15) is 0 Å². The molecule has 3 fully saturated rings. The fourth-order valence-corrected chi connectivity index (χ4v) is 4.25. The second-order valence-corrected chi connectivity index (χ2v) is 6.12. The molecule has 0 spiro atoms. The van der Waals surface area contributed by atoms with Crippen molar-refractivity contribution in [2.24, 2.45) is 23.7 Å². The molecule has 1 atom stereocenters. The van der Waals surface area contributed by atoms with Crippen LogP contribution in [-0.2, 0) is 12.8 Å². The van der Waals surface area contributed by atoms with Crippen LogP contribution >= 0.6 is 0 Å². The minimum absolute atomic E-state index is 0.993. The predicted molar refractivity (Wildman–Crippen MR) is 64.2 cm³/mol. The molecule has 4 aliphatic carbocycles. The Morgan fingerprint density at radius 3 is 2.69 bits per heavy atom. The van der Waals surface area contributed by atoms with Gasteiger partial charge in [-0.1, -0.05) is 0 Å². The topological polar surface area (TPSA) is 12.9 Å². The molecule has 4 aliphatic rings. The smallest absolute Gasteiger partial charge is 0.0438 e. The highest BCUT2D eigenvalue weighted by Gasteiger charge is 2.55. The van der Waals surface area contributed by atoms with Crippen LogP contribution in [0.1, 0.15) is 36.1 Å². The van der Waals surface area contributed by atoms with E-state index in [0.29, 0.717) is 0 Å².